The van der Waals surface area contributed by atoms with E-state index < -0.39 is 12.0 Å². The minimum Gasteiger partial charge on any atom is -0.294 e. The van der Waals surface area contributed by atoms with Gasteiger partial charge in [-0.1, -0.05) is 48.0 Å². The number of para-hydroxylation sites is 1. The molecule has 2 aromatic carbocycles. The fraction of sp³-hybridized carbons (Fsp3) is 0.263. The van der Waals surface area contributed by atoms with Crippen LogP contribution in [0.25, 0.3) is 0 Å². The molecular weight excluding hydrogens is 304 g/mol. The van der Waals surface area contributed by atoms with Crippen molar-refractivity contribution in [2.45, 2.75) is 26.0 Å². The van der Waals surface area contributed by atoms with Gasteiger partial charge in [0.05, 0.1) is 11.7 Å². The van der Waals surface area contributed by atoms with E-state index >= 15 is 0 Å². The SMILES string of the molecule is Cc1ccc([C@H]2[C@@H]3C(=O)NC(=O)[C@H]3ON2c2ccccc2C)cc1. The summed E-state index contributed by atoms with van der Waals surface area (Å²) in [5.74, 6) is -1.18. The number of amides is 2. The van der Waals surface area contributed by atoms with Gasteiger partial charge >= 0.3 is 0 Å². The molecule has 5 heteroatoms. The van der Waals surface area contributed by atoms with Crippen LogP contribution in [0.1, 0.15) is 22.7 Å². The highest BCUT2D eigenvalue weighted by atomic mass is 16.7. The Balaban J connectivity index is 1.83. The molecule has 2 saturated heterocycles. The molecule has 2 aromatic rings. The van der Waals surface area contributed by atoms with Crippen LogP contribution in [0.3, 0.4) is 0 Å². The maximum atomic E-state index is 12.3. The molecule has 2 amide bonds. The number of hydroxylamine groups is 1. The van der Waals surface area contributed by atoms with E-state index in [1.54, 1.807) is 5.06 Å². The van der Waals surface area contributed by atoms with Gasteiger partial charge in [0, 0.05) is 0 Å². The van der Waals surface area contributed by atoms with Crippen LogP contribution in [-0.4, -0.2) is 17.9 Å². The summed E-state index contributed by atoms with van der Waals surface area (Å²) in [5.41, 5.74) is 4.00. The van der Waals surface area contributed by atoms with Crippen molar-refractivity contribution >= 4 is 17.5 Å². The molecule has 24 heavy (non-hydrogen) atoms. The average Bonchev–Trinajstić information content (AvgIpc) is 3.08. The molecule has 2 heterocycles. The topological polar surface area (TPSA) is 58.6 Å². The first-order valence-corrected chi connectivity index (χ1v) is 7.99. The number of hydrogen-bond donors (Lipinski definition) is 1. The lowest BCUT2D eigenvalue weighted by molar-refractivity contribution is -0.129. The molecule has 0 aliphatic carbocycles. The Labute approximate surface area is 140 Å². The molecule has 0 unspecified atom stereocenters. The first kappa shape index (κ1) is 14.9. The van der Waals surface area contributed by atoms with E-state index in [0.717, 1.165) is 22.4 Å². The van der Waals surface area contributed by atoms with Gasteiger partial charge < -0.3 is 0 Å². The molecule has 3 atom stereocenters. The second-order valence-corrected chi connectivity index (χ2v) is 6.37. The minimum absolute atomic E-state index is 0.272. The number of carbonyl (C=O) groups excluding carboxylic acids is 2. The molecule has 1 N–H and O–H groups in total. The first-order chi connectivity index (χ1) is 11.6. The highest BCUT2D eigenvalue weighted by molar-refractivity contribution is 6.07. The van der Waals surface area contributed by atoms with Gasteiger partial charge in [-0.05, 0) is 31.0 Å². The molecule has 4 rings (SSSR count). The van der Waals surface area contributed by atoms with Crippen LogP contribution < -0.4 is 10.4 Å². The largest absolute Gasteiger partial charge is 0.294 e. The molecule has 0 spiro atoms. The summed E-state index contributed by atoms with van der Waals surface area (Å²) in [6.45, 7) is 4.00. The maximum Gasteiger partial charge on any atom is 0.259 e. The third-order valence-electron chi connectivity index (χ3n) is 4.73. The lowest BCUT2D eigenvalue weighted by Gasteiger charge is -2.28. The van der Waals surface area contributed by atoms with Crippen molar-refractivity contribution in [3.63, 3.8) is 0 Å². The van der Waals surface area contributed by atoms with Crippen molar-refractivity contribution in [3.8, 4) is 0 Å². The molecule has 0 radical (unpaired) electrons. The van der Waals surface area contributed by atoms with Gasteiger partial charge in [-0.2, -0.15) is 0 Å². The van der Waals surface area contributed by atoms with Gasteiger partial charge in [-0.25, -0.2) is 5.06 Å². The van der Waals surface area contributed by atoms with Gasteiger partial charge in [0.15, 0.2) is 6.10 Å². The number of imide groups is 1. The van der Waals surface area contributed by atoms with Crippen molar-refractivity contribution in [2.75, 3.05) is 5.06 Å². The molecule has 0 saturated carbocycles. The maximum absolute atomic E-state index is 12.3. The van der Waals surface area contributed by atoms with Crippen LogP contribution in [0.4, 0.5) is 5.69 Å². The van der Waals surface area contributed by atoms with Crippen LogP contribution in [0.2, 0.25) is 0 Å². The number of nitrogens with zero attached hydrogens (tertiary/aromatic N) is 1. The van der Waals surface area contributed by atoms with E-state index in [-0.39, 0.29) is 17.9 Å². The number of rotatable bonds is 2. The Morgan fingerprint density at radius 2 is 1.67 bits per heavy atom. The predicted molar refractivity (Wildman–Crippen MR) is 89.1 cm³/mol. The zero-order valence-corrected chi connectivity index (χ0v) is 13.5. The van der Waals surface area contributed by atoms with E-state index in [0.29, 0.717) is 0 Å². The zero-order chi connectivity index (χ0) is 16.8. The molecule has 0 bridgehead atoms. The summed E-state index contributed by atoms with van der Waals surface area (Å²) >= 11 is 0. The van der Waals surface area contributed by atoms with Gasteiger partial charge in [0.25, 0.3) is 5.91 Å². The van der Waals surface area contributed by atoms with E-state index in [2.05, 4.69) is 5.32 Å². The highest BCUT2D eigenvalue weighted by Crippen LogP contribution is 2.45. The van der Waals surface area contributed by atoms with Crippen LogP contribution in [-0.2, 0) is 14.4 Å². The van der Waals surface area contributed by atoms with Crippen molar-refractivity contribution in [1.29, 1.82) is 0 Å². The third kappa shape index (κ3) is 2.20. The van der Waals surface area contributed by atoms with Crippen LogP contribution in [0, 0.1) is 19.8 Å². The third-order valence-corrected chi connectivity index (χ3v) is 4.73. The Kier molecular flexibility index (Phi) is 3.39. The van der Waals surface area contributed by atoms with Crippen LogP contribution in [0.5, 0.6) is 0 Å². The van der Waals surface area contributed by atoms with E-state index in [9.17, 15) is 9.59 Å². The Bertz CT molecular complexity index is 816. The van der Waals surface area contributed by atoms with Gasteiger partial charge in [-0.3, -0.25) is 19.7 Å². The summed E-state index contributed by atoms with van der Waals surface area (Å²) in [6.07, 6.45) is -0.775. The fourth-order valence-corrected chi connectivity index (χ4v) is 3.46. The minimum atomic E-state index is -0.775. The highest BCUT2D eigenvalue weighted by Gasteiger charge is 2.56. The zero-order valence-electron chi connectivity index (χ0n) is 13.5. The van der Waals surface area contributed by atoms with E-state index in [1.165, 1.54) is 0 Å². The molecule has 0 aromatic heterocycles. The fourth-order valence-electron chi connectivity index (χ4n) is 3.46. The molecular formula is C19H18N2O3. The second kappa shape index (κ2) is 5.46. The predicted octanol–water partition coefficient (Wildman–Crippen LogP) is 2.44. The van der Waals surface area contributed by atoms with E-state index in [4.69, 9.17) is 4.84 Å². The quantitative estimate of drug-likeness (QED) is 0.863. The summed E-state index contributed by atoms with van der Waals surface area (Å²) in [6, 6.07) is 15.5. The Hall–Kier alpha value is -2.66. The summed E-state index contributed by atoms with van der Waals surface area (Å²) < 4.78 is 0. The normalized spacial score (nSPS) is 25.8. The van der Waals surface area contributed by atoms with Gasteiger partial charge in [-0.15, -0.1) is 0 Å². The molecule has 2 aliphatic rings. The number of carbonyl (C=O) groups is 2. The Morgan fingerprint density at radius 1 is 0.958 bits per heavy atom. The molecule has 122 valence electrons. The monoisotopic (exact) mass is 322 g/mol. The van der Waals surface area contributed by atoms with Crippen LogP contribution >= 0.6 is 0 Å². The summed E-state index contributed by atoms with van der Waals surface area (Å²) in [5, 5.41) is 4.12. The molecule has 2 fully saturated rings. The lowest BCUT2D eigenvalue weighted by atomic mass is 9.90. The number of benzene rings is 2. The molecule has 5 nitrogen and oxygen atoms in total. The number of aryl methyl sites for hydroxylation is 2. The number of hydrogen-bond acceptors (Lipinski definition) is 4. The second-order valence-electron chi connectivity index (χ2n) is 6.37. The smallest absolute Gasteiger partial charge is 0.259 e. The number of nitrogens with one attached hydrogen (secondary N) is 1. The lowest BCUT2D eigenvalue weighted by Crippen LogP contribution is -2.33. The number of fused-ring (bicyclic) bond motifs is 1. The van der Waals surface area contributed by atoms with Crippen molar-refractivity contribution in [1.82, 2.24) is 5.32 Å². The average molecular weight is 322 g/mol. The Morgan fingerprint density at radius 3 is 2.38 bits per heavy atom. The van der Waals surface area contributed by atoms with Crippen molar-refractivity contribution < 1.29 is 14.4 Å². The molecule has 2 aliphatic heterocycles. The van der Waals surface area contributed by atoms with E-state index in [1.807, 2.05) is 62.4 Å². The van der Waals surface area contributed by atoms with Gasteiger partial charge in [0.2, 0.25) is 5.91 Å². The summed E-state index contributed by atoms with van der Waals surface area (Å²) in [4.78, 5) is 30.3. The van der Waals surface area contributed by atoms with Crippen molar-refractivity contribution in [2.24, 2.45) is 5.92 Å². The first-order valence-electron chi connectivity index (χ1n) is 7.99. The van der Waals surface area contributed by atoms with Crippen molar-refractivity contribution in [3.05, 3.63) is 65.2 Å². The van der Waals surface area contributed by atoms with Crippen LogP contribution in [0.15, 0.2) is 48.5 Å². The standard InChI is InChI=1S/C19H18N2O3/c1-11-7-9-13(10-8-11)16-15-17(19(23)20-18(15)22)24-21(16)14-6-4-3-5-12(14)2/h3-10,15-17H,1-2H3,(H,20,22,23)/t15-,16-,17-/m0/s1. The van der Waals surface area contributed by atoms with Gasteiger partial charge in [0.1, 0.15) is 5.92 Å². The summed E-state index contributed by atoms with van der Waals surface area (Å²) in [7, 11) is 0. The number of anilines is 1.